The molecule has 0 bridgehead atoms. The molecule has 0 radical (unpaired) electrons. The van der Waals surface area contributed by atoms with Crippen molar-refractivity contribution < 1.29 is 19.4 Å². The molecule has 0 saturated carbocycles. The van der Waals surface area contributed by atoms with Gasteiger partial charge in [0.15, 0.2) is 11.0 Å². The van der Waals surface area contributed by atoms with Crippen LogP contribution in [0.3, 0.4) is 0 Å². The van der Waals surface area contributed by atoms with E-state index in [4.69, 9.17) is 16.7 Å². The molecular formula is C16H12Cl2FN3O4. The summed E-state index contributed by atoms with van der Waals surface area (Å²) in [5, 5.41) is 22.5. The number of aromatic nitrogens is 3. The monoisotopic (exact) mass is 399 g/mol. The van der Waals surface area contributed by atoms with E-state index in [0.29, 0.717) is 11.1 Å². The van der Waals surface area contributed by atoms with Gasteiger partial charge in [0.2, 0.25) is 5.43 Å². The van der Waals surface area contributed by atoms with Crippen LogP contribution in [0, 0.1) is 5.82 Å². The Bertz CT molecular complexity index is 1100. The lowest BCUT2D eigenvalue weighted by Crippen LogP contribution is -2.34. The minimum atomic E-state index is -1.11. The van der Waals surface area contributed by atoms with E-state index in [2.05, 4.69) is 10.1 Å². The molecule has 2 heterocycles. The maximum absolute atomic E-state index is 13.4. The first-order valence-corrected chi connectivity index (χ1v) is 7.52. The third-order valence-corrected chi connectivity index (χ3v) is 3.88. The summed E-state index contributed by atoms with van der Waals surface area (Å²) in [6, 6.07) is 5.19. The molecule has 0 aliphatic carbocycles. The van der Waals surface area contributed by atoms with Gasteiger partial charge in [0.1, 0.15) is 17.9 Å². The first-order valence-electron chi connectivity index (χ1n) is 7.14. The molecule has 3 rings (SSSR count). The average Bonchev–Trinajstić information content (AvgIpc) is 3.03. The predicted octanol–water partition coefficient (Wildman–Crippen LogP) is 2.22. The molecule has 0 saturated heterocycles. The first kappa shape index (κ1) is 19.6. The van der Waals surface area contributed by atoms with Gasteiger partial charge in [-0.25, -0.2) is 13.9 Å². The highest BCUT2D eigenvalue weighted by molar-refractivity contribution is 6.31. The van der Waals surface area contributed by atoms with Crippen LogP contribution in [0.25, 0.3) is 22.5 Å². The fourth-order valence-electron chi connectivity index (χ4n) is 2.44. The molecule has 136 valence electrons. The van der Waals surface area contributed by atoms with Gasteiger partial charge in [-0.15, -0.1) is 12.4 Å². The van der Waals surface area contributed by atoms with Crippen LogP contribution in [0.4, 0.5) is 4.39 Å². The number of carboxylic acids is 1. The Hall–Kier alpha value is -2.71. The van der Waals surface area contributed by atoms with Gasteiger partial charge < -0.3 is 10.2 Å². The minimum absolute atomic E-state index is 0. The van der Waals surface area contributed by atoms with Crippen molar-refractivity contribution in [1.29, 1.82) is 0 Å². The highest BCUT2D eigenvalue weighted by Gasteiger charge is 2.14. The summed E-state index contributed by atoms with van der Waals surface area (Å²) in [5.41, 5.74) is 0.493. The van der Waals surface area contributed by atoms with Crippen LogP contribution in [0.1, 0.15) is 12.8 Å². The third kappa shape index (κ3) is 3.61. The number of fused-ring (bicyclic) bond motifs is 1. The summed E-state index contributed by atoms with van der Waals surface area (Å²) in [5.74, 6) is -2.10. The van der Waals surface area contributed by atoms with Crippen LogP contribution in [-0.2, 0) is 4.79 Å². The SMILES string of the molecule is Cl.O=C(O)CCC(O)=c1c(=O)cc(-c2ccc(F)c(Cl)c2)c2ncnn12. The zero-order valence-corrected chi connectivity index (χ0v) is 14.6. The lowest BCUT2D eigenvalue weighted by molar-refractivity contribution is -0.136. The van der Waals surface area contributed by atoms with E-state index in [9.17, 15) is 19.1 Å². The summed E-state index contributed by atoms with van der Waals surface area (Å²) in [4.78, 5) is 27.2. The van der Waals surface area contributed by atoms with E-state index >= 15 is 0 Å². The maximum Gasteiger partial charge on any atom is 0.303 e. The highest BCUT2D eigenvalue weighted by atomic mass is 35.5. The normalized spacial score (nSPS) is 11.9. The smallest absolute Gasteiger partial charge is 0.303 e. The van der Waals surface area contributed by atoms with E-state index in [0.717, 1.165) is 4.52 Å². The topological polar surface area (TPSA) is 105 Å². The zero-order valence-electron chi connectivity index (χ0n) is 13.0. The van der Waals surface area contributed by atoms with Crippen LogP contribution in [0.2, 0.25) is 5.02 Å². The summed E-state index contributed by atoms with van der Waals surface area (Å²) in [7, 11) is 0. The van der Waals surface area contributed by atoms with E-state index in [1.807, 2.05) is 0 Å². The molecule has 7 nitrogen and oxygen atoms in total. The second-order valence-corrected chi connectivity index (χ2v) is 5.64. The van der Waals surface area contributed by atoms with E-state index in [1.54, 1.807) is 0 Å². The standard InChI is InChI=1S/C16H11ClFN3O4.ClH/c17-10-5-8(1-2-11(10)18)9-6-13(23)15(12(22)3-4-14(24)25)21-16(9)19-7-20-21;/h1-2,5-7,22H,3-4H2,(H,24,25);1H. The fraction of sp³-hybridized carbons (Fsp3) is 0.125. The first-order chi connectivity index (χ1) is 11.9. The number of aliphatic hydroxyl groups excluding tert-OH is 1. The Morgan fingerprint density at radius 2 is 1.96 bits per heavy atom. The molecule has 0 atom stereocenters. The van der Waals surface area contributed by atoms with Crippen molar-refractivity contribution in [2.75, 3.05) is 0 Å². The summed E-state index contributed by atoms with van der Waals surface area (Å²) in [6.45, 7) is 0. The highest BCUT2D eigenvalue weighted by Crippen LogP contribution is 2.26. The van der Waals surface area contributed by atoms with Crippen molar-refractivity contribution in [2.45, 2.75) is 12.8 Å². The number of carboxylic acid groups (broad SMARTS) is 1. The van der Waals surface area contributed by atoms with Gasteiger partial charge in [0.25, 0.3) is 0 Å². The van der Waals surface area contributed by atoms with Gasteiger partial charge in [0.05, 0.1) is 11.4 Å². The number of rotatable bonds is 4. The number of hydrogen-bond donors (Lipinski definition) is 2. The molecule has 3 aromatic rings. The van der Waals surface area contributed by atoms with Crippen LogP contribution in [0.5, 0.6) is 0 Å². The lowest BCUT2D eigenvalue weighted by Gasteiger charge is -2.06. The van der Waals surface area contributed by atoms with Crippen molar-refractivity contribution >= 4 is 41.4 Å². The second-order valence-electron chi connectivity index (χ2n) is 5.24. The molecule has 0 spiro atoms. The molecule has 2 N–H and O–H groups in total. The van der Waals surface area contributed by atoms with Gasteiger partial charge >= 0.3 is 5.97 Å². The molecule has 0 fully saturated rings. The Balaban J connectivity index is 0.00000243. The van der Waals surface area contributed by atoms with Crippen molar-refractivity contribution in [2.24, 2.45) is 0 Å². The van der Waals surface area contributed by atoms with E-state index in [-0.39, 0.29) is 41.3 Å². The molecule has 0 aliphatic heterocycles. The largest absolute Gasteiger partial charge is 0.510 e. The van der Waals surface area contributed by atoms with E-state index in [1.165, 1.54) is 30.6 Å². The number of hydrogen-bond acceptors (Lipinski definition) is 5. The van der Waals surface area contributed by atoms with Crippen LogP contribution in [0.15, 0.2) is 35.4 Å². The van der Waals surface area contributed by atoms with Crippen LogP contribution in [-0.4, -0.2) is 30.8 Å². The molecule has 1 aromatic carbocycles. The number of carbonyl (C=O) groups is 1. The van der Waals surface area contributed by atoms with Crippen LogP contribution < -0.4 is 10.8 Å². The number of benzene rings is 1. The number of nitrogens with zero attached hydrogens (tertiary/aromatic N) is 3. The van der Waals surface area contributed by atoms with Crippen molar-refractivity contribution in [1.82, 2.24) is 14.6 Å². The summed E-state index contributed by atoms with van der Waals surface area (Å²) >= 11 is 5.79. The average molecular weight is 400 g/mol. The third-order valence-electron chi connectivity index (χ3n) is 3.59. The zero-order chi connectivity index (χ0) is 18.1. The van der Waals surface area contributed by atoms with Gasteiger partial charge in [-0.05, 0) is 23.8 Å². The van der Waals surface area contributed by atoms with Gasteiger partial charge in [-0.1, -0.05) is 17.7 Å². The molecular weight excluding hydrogens is 388 g/mol. The molecule has 0 unspecified atom stereocenters. The van der Waals surface area contributed by atoms with Gasteiger partial charge in [-0.2, -0.15) is 5.10 Å². The van der Waals surface area contributed by atoms with Crippen molar-refractivity contribution in [3.8, 4) is 11.1 Å². The van der Waals surface area contributed by atoms with Crippen molar-refractivity contribution in [3.05, 3.63) is 57.0 Å². The van der Waals surface area contributed by atoms with Crippen LogP contribution >= 0.6 is 24.0 Å². The predicted molar refractivity (Wildman–Crippen MR) is 95.0 cm³/mol. The van der Waals surface area contributed by atoms with E-state index < -0.39 is 23.0 Å². The number of halogens is 3. The number of aliphatic hydroxyl groups is 1. The Kier molecular flexibility index (Phi) is 5.79. The number of aliphatic carboxylic acids is 1. The lowest BCUT2D eigenvalue weighted by atomic mass is 10.1. The molecule has 2 aromatic heterocycles. The Morgan fingerprint density at radius 3 is 2.62 bits per heavy atom. The van der Waals surface area contributed by atoms with Gasteiger partial charge in [0, 0.05) is 12.0 Å². The fourth-order valence-corrected chi connectivity index (χ4v) is 2.62. The van der Waals surface area contributed by atoms with Crippen molar-refractivity contribution in [3.63, 3.8) is 0 Å². The summed E-state index contributed by atoms with van der Waals surface area (Å²) in [6.07, 6.45) is 0.634. The number of pyridine rings is 1. The molecule has 10 heteroatoms. The molecule has 26 heavy (non-hydrogen) atoms. The summed E-state index contributed by atoms with van der Waals surface area (Å²) < 4.78 is 14.5. The van der Waals surface area contributed by atoms with Gasteiger partial charge in [-0.3, -0.25) is 9.59 Å². The Labute approximate surface area is 156 Å². The second kappa shape index (κ2) is 7.67. The molecule has 0 amide bonds. The quantitative estimate of drug-likeness (QED) is 0.696. The maximum atomic E-state index is 13.4. The molecule has 0 aliphatic rings. The Morgan fingerprint density at radius 1 is 1.23 bits per heavy atom. The minimum Gasteiger partial charge on any atom is -0.510 e.